The van der Waals surface area contributed by atoms with Gasteiger partial charge >= 0.3 is 52.2 Å². The second-order valence-electron chi connectivity index (χ2n) is 0.642. The molecule has 6 heavy (non-hydrogen) atoms. The van der Waals surface area contributed by atoms with Crippen molar-refractivity contribution in [3.63, 3.8) is 0 Å². The van der Waals surface area contributed by atoms with Gasteiger partial charge in [0.05, 0.1) is 0 Å². The van der Waals surface area contributed by atoms with Crippen LogP contribution in [0.4, 0.5) is 0 Å². The second-order valence-corrected chi connectivity index (χ2v) is 9.71. The monoisotopic (exact) mass is 291 g/mol. The van der Waals surface area contributed by atoms with Gasteiger partial charge in [0.15, 0.2) is 0 Å². The van der Waals surface area contributed by atoms with Gasteiger partial charge in [0.1, 0.15) is 0 Å². The summed E-state index contributed by atoms with van der Waals surface area (Å²) >= 11 is -1.12. The molecule has 30 valence electrons. The third-order valence-electron chi connectivity index (χ3n) is 0.241. The van der Waals surface area contributed by atoms with Crippen molar-refractivity contribution >= 4 is 8.24 Å². The summed E-state index contributed by atoms with van der Waals surface area (Å²) in [6.07, 6.45) is 0. The number of nitriles is 1. The van der Waals surface area contributed by atoms with Crippen molar-refractivity contribution in [3.8, 4) is 5.40 Å². The molecule has 0 unspecified atom stereocenters. The first kappa shape index (κ1) is 6.74. The van der Waals surface area contributed by atoms with Gasteiger partial charge in [-0.3, -0.25) is 0 Å². The molecule has 0 heterocycles. The fourth-order valence-electron chi connectivity index (χ4n) is 0.0853. The van der Waals surface area contributed by atoms with Crippen LogP contribution >= 0.6 is 8.24 Å². The van der Waals surface area contributed by atoms with Gasteiger partial charge in [-0.15, -0.1) is 0 Å². The Bertz CT molecular complexity index is 61.1. The second kappa shape index (κ2) is 5.74. The topological polar surface area (TPSA) is 33.0 Å². The van der Waals surface area contributed by atoms with Gasteiger partial charge in [-0.1, -0.05) is 0 Å². The predicted octanol–water partition coefficient (Wildman–Crippen LogP) is 0.760. The summed E-state index contributed by atoms with van der Waals surface area (Å²) in [6.45, 7) is 0. The Morgan fingerprint density at radius 3 is 2.83 bits per heavy atom. The van der Waals surface area contributed by atoms with E-state index in [-0.39, 0.29) is 0 Å². The van der Waals surface area contributed by atoms with E-state index in [2.05, 4.69) is 0 Å². The molecule has 0 saturated heterocycles. The quantitative estimate of drug-likeness (QED) is 0.427. The third kappa shape index (κ3) is 4.74. The Balaban J connectivity index is 2.54. The van der Waals surface area contributed by atoms with Crippen molar-refractivity contribution in [1.29, 1.82) is 5.26 Å². The van der Waals surface area contributed by atoms with Crippen molar-refractivity contribution in [2.45, 2.75) is 0 Å². The molecule has 0 spiro atoms. The van der Waals surface area contributed by atoms with E-state index in [1.54, 1.807) is 7.11 Å². The van der Waals surface area contributed by atoms with Crippen molar-refractivity contribution in [2.75, 3.05) is 7.11 Å². The Labute approximate surface area is 52.1 Å². The Kier molecular flexibility index (Phi) is 6.44. The molecular formula is C2H3HgNOS. The van der Waals surface area contributed by atoms with Crippen molar-refractivity contribution < 1.29 is 26.2 Å². The number of nitrogens with zero attached hydrogens (tertiary/aromatic N) is 1. The fourth-order valence-corrected chi connectivity index (χ4v) is 2.24. The summed E-state index contributed by atoms with van der Waals surface area (Å²) in [7, 11) is 2.97. The van der Waals surface area contributed by atoms with Crippen LogP contribution in [0.3, 0.4) is 0 Å². The first-order chi connectivity index (χ1) is 2.91. The van der Waals surface area contributed by atoms with E-state index in [0.29, 0.717) is 0 Å². The van der Waals surface area contributed by atoms with Gasteiger partial charge in [-0.05, 0) is 0 Å². The molecular weight excluding hydrogens is 287 g/mol. The van der Waals surface area contributed by atoms with Gasteiger partial charge in [0.2, 0.25) is 0 Å². The fraction of sp³-hybridized carbons (Fsp3) is 0.500. The van der Waals surface area contributed by atoms with Gasteiger partial charge in [0.25, 0.3) is 0 Å². The van der Waals surface area contributed by atoms with Gasteiger partial charge < -0.3 is 0 Å². The zero-order valence-corrected chi connectivity index (χ0v) is 9.79. The van der Waals surface area contributed by atoms with Gasteiger partial charge in [-0.2, -0.15) is 0 Å². The molecule has 2 nitrogen and oxygen atoms in total. The zero-order valence-electron chi connectivity index (χ0n) is 3.47. The molecule has 0 radical (unpaired) electrons. The van der Waals surface area contributed by atoms with Crippen LogP contribution in [0.1, 0.15) is 0 Å². The molecule has 0 aliphatic rings. The summed E-state index contributed by atoms with van der Waals surface area (Å²) in [5.41, 5.74) is 0. The van der Waals surface area contributed by atoms with Gasteiger partial charge in [0, 0.05) is 0 Å². The number of hydrogen-bond acceptors (Lipinski definition) is 3. The molecule has 0 aliphatic heterocycles. The van der Waals surface area contributed by atoms with Crippen LogP contribution in [-0.4, -0.2) is 7.11 Å². The summed E-state index contributed by atoms with van der Waals surface area (Å²) in [6, 6.07) is 0. The molecule has 0 N–H and O–H groups in total. The van der Waals surface area contributed by atoms with Crippen molar-refractivity contribution in [2.24, 2.45) is 0 Å². The van der Waals surface area contributed by atoms with E-state index < -0.39 is 23.5 Å². The normalized spacial score (nSPS) is 6.00. The molecule has 4 heteroatoms. The van der Waals surface area contributed by atoms with Crippen LogP contribution in [0.5, 0.6) is 0 Å². The van der Waals surface area contributed by atoms with E-state index in [1.807, 2.05) is 5.40 Å². The molecule has 0 saturated carbocycles. The molecule has 0 aromatic heterocycles. The van der Waals surface area contributed by atoms with E-state index in [4.69, 9.17) is 7.91 Å². The van der Waals surface area contributed by atoms with Crippen LogP contribution < -0.4 is 0 Å². The third-order valence-corrected chi connectivity index (χ3v) is 6.35. The van der Waals surface area contributed by atoms with Crippen molar-refractivity contribution in [3.05, 3.63) is 0 Å². The Hall–Kier alpha value is 0.735. The standard InChI is InChI=1S/CHNS.CH3O.Hg/c2-1-3;1-2;/h3H;1H3;/q;-1;+2/p-1. The molecule has 0 aromatic carbocycles. The molecule has 0 aliphatic carbocycles. The summed E-state index contributed by atoms with van der Waals surface area (Å²) < 4.78 is 4.74. The molecule has 0 bridgehead atoms. The molecule has 0 atom stereocenters. The first-order valence-electron chi connectivity index (χ1n) is 1.41. The Morgan fingerprint density at radius 1 is 2.00 bits per heavy atom. The molecule has 0 amide bonds. The summed E-state index contributed by atoms with van der Waals surface area (Å²) in [5.74, 6) is 0. The molecule has 0 fully saturated rings. The number of hydrogen-bond donors (Lipinski definition) is 0. The van der Waals surface area contributed by atoms with E-state index >= 15 is 0 Å². The molecule has 0 aromatic rings. The summed E-state index contributed by atoms with van der Waals surface area (Å²) in [4.78, 5) is 0. The van der Waals surface area contributed by atoms with Gasteiger partial charge in [-0.25, -0.2) is 0 Å². The van der Waals surface area contributed by atoms with Crippen LogP contribution in [-0.2, 0) is 26.2 Å². The van der Waals surface area contributed by atoms with E-state index in [9.17, 15) is 0 Å². The minimum absolute atomic E-state index is 1.12. The van der Waals surface area contributed by atoms with Crippen LogP contribution in [0.25, 0.3) is 0 Å². The summed E-state index contributed by atoms with van der Waals surface area (Å²) in [5, 5.41) is 9.84. The Morgan fingerprint density at radius 2 is 2.67 bits per heavy atom. The average Bonchev–Trinajstić information content (AvgIpc) is 1.61. The maximum atomic E-state index is 7.89. The predicted molar refractivity (Wildman–Crippen MR) is 20.2 cm³/mol. The van der Waals surface area contributed by atoms with Crippen LogP contribution in [0.15, 0.2) is 0 Å². The molecule has 0 rings (SSSR count). The SMILES string of the molecule is C[O][Hg][S]C#N. The maximum absolute atomic E-state index is 7.89. The van der Waals surface area contributed by atoms with E-state index in [1.165, 1.54) is 8.24 Å². The average molecular weight is 290 g/mol. The minimum atomic E-state index is -1.12. The number of rotatable bonds is 2. The number of thiocyanates is 1. The van der Waals surface area contributed by atoms with Crippen molar-refractivity contribution in [1.82, 2.24) is 0 Å². The zero-order chi connectivity index (χ0) is 4.83. The van der Waals surface area contributed by atoms with Crippen LogP contribution in [0, 0.1) is 10.7 Å². The van der Waals surface area contributed by atoms with Crippen LogP contribution in [0.2, 0.25) is 0 Å². The first-order valence-corrected chi connectivity index (χ1v) is 11.4. The van der Waals surface area contributed by atoms with E-state index in [0.717, 1.165) is 0 Å².